The van der Waals surface area contributed by atoms with Crippen molar-refractivity contribution >= 4 is 86.8 Å². The van der Waals surface area contributed by atoms with E-state index in [1.165, 1.54) is 0 Å². The third kappa shape index (κ3) is 4.84. The molecule has 3 aromatic heterocycles. The first-order valence-electron chi connectivity index (χ1n) is 20.3. The van der Waals surface area contributed by atoms with Gasteiger partial charge < -0.3 is 4.42 Å². The number of fused-ring (bicyclic) bond motifs is 13. The van der Waals surface area contributed by atoms with Crippen LogP contribution < -0.4 is 0 Å². The molecule has 0 unspecified atom stereocenters. The molecule has 3 heterocycles. The van der Waals surface area contributed by atoms with Gasteiger partial charge in [-0.25, -0.2) is 4.98 Å². The number of hydrogen-bond acceptors (Lipinski definition) is 4. The second kappa shape index (κ2) is 12.7. The highest BCUT2D eigenvalue weighted by atomic mass is 16.3. The lowest BCUT2D eigenvalue weighted by atomic mass is 9.95. The van der Waals surface area contributed by atoms with E-state index in [9.17, 15) is 0 Å². The van der Waals surface area contributed by atoms with Crippen LogP contribution in [-0.2, 0) is 0 Å². The van der Waals surface area contributed by atoms with Crippen LogP contribution in [0.2, 0.25) is 0 Å². The van der Waals surface area contributed by atoms with Crippen molar-refractivity contribution in [2.45, 2.75) is 0 Å². The Morgan fingerprint density at radius 1 is 0.350 bits per heavy atom. The predicted molar refractivity (Wildman–Crippen MR) is 248 cm³/mol. The summed E-state index contributed by atoms with van der Waals surface area (Å²) in [6.45, 7) is 0. The normalized spacial score (nSPS) is 12.0. The van der Waals surface area contributed by atoms with Gasteiger partial charge in [-0.3, -0.25) is 4.57 Å². The van der Waals surface area contributed by atoms with E-state index in [1.807, 2.05) is 12.1 Å². The molecule has 0 bridgehead atoms. The largest absolute Gasteiger partial charge is 0.455 e. The fourth-order valence-corrected chi connectivity index (χ4v) is 9.46. The first kappa shape index (κ1) is 32.9. The number of nitrogens with zero attached hydrogens (tertiary/aromatic N) is 4. The van der Waals surface area contributed by atoms with Gasteiger partial charge in [-0.15, -0.1) is 0 Å². The number of rotatable bonds is 4. The first-order valence-corrected chi connectivity index (χ1v) is 20.3. The molecule has 0 saturated heterocycles. The van der Waals surface area contributed by atoms with Crippen molar-refractivity contribution in [3.63, 3.8) is 0 Å². The third-order valence-corrected chi connectivity index (χ3v) is 12.2. The molecule has 278 valence electrons. The van der Waals surface area contributed by atoms with Gasteiger partial charge in [-0.05, 0) is 62.3 Å². The molecule has 0 saturated carbocycles. The molecular weight excluding hydrogens is 733 g/mol. The highest BCUT2D eigenvalue weighted by Gasteiger charge is 2.25. The summed E-state index contributed by atoms with van der Waals surface area (Å²) in [5.41, 5.74) is 7.70. The first-order chi connectivity index (χ1) is 29.7. The van der Waals surface area contributed by atoms with Crippen molar-refractivity contribution in [1.29, 1.82) is 0 Å². The summed E-state index contributed by atoms with van der Waals surface area (Å²) in [4.78, 5) is 16.7. The SMILES string of the molecule is c1ccc(-c2cc3ccccc3cc2-c2nc(-c3cc4ccccc4c4oc5ccccc5c34)nc(-n3c4c5ccccc5ccc4c4ccc5ccccc5c43)n2)cc1. The van der Waals surface area contributed by atoms with Crippen LogP contribution in [0.3, 0.4) is 0 Å². The van der Waals surface area contributed by atoms with Gasteiger partial charge in [0.25, 0.3) is 0 Å². The van der Waals surface area contributed by atoms with Crippen LogP contribution in [0.15, 0.2) is 199 Å². The summed E-state index contributed by atoms with van der Waals surface area (Å²) in [7, 11) is 0. The fourth-order valence-electron chi connectivity index (χ4n) is 9.46. The molecule has 0 amide bonds. The molecule has 0 aliphatic heterocycles. The molecular formula is C55H32N4O. The van der Waals surface area contributed by atoms with E-state index in [4.69, 9.17) is 19.4 Å². The van der Waals surface area contributed by atoms with Crippen LogP contribution in [0.5, 0.6) is 0 Å². The molecule has 60 heavy (non-hydrogen) atoms. The average Bonchev–Trinajstić information content (AvgIpc) is 3.88. The van der Waals surface area contributed by atoms with Gasteiger partial charge in [0, 0.05) is 48.8 Å². The molecule has 0 fully saturated rings. The second-order valence-electron chi connectivity index (χ2n) is 15.5. The predicted octanol–water partition coefficient (Wildman–Crippen LogP) is 14.5. The Bertz CT molecular complexity index is 3810. The molecule has 0 aliphatic rings. The summed E-state index contributed by atoms with van der Waals surface area (Å²) < 4.78 is 9.00. The Morgan fingerprint density at radius 2 is 0.850 bits per heavy atom. The number of para-hydroxylation sites is 1. The van der Waals surface area contributed by atoms with Crippen LogP contribution in [0.4, 0.5) is 0 Å². The van der Waals surface area contributed by atoms with E-state index >= 15 is 0 Å². The second-order valence-corrected chi connectivity index (χ2v) is 15.5. The lowest BCUT2D eigenvalue weighted by Gasteiger charge is -2.16. The maximum atomic E-state index is 6.71. The number of aromatic nitrogens is 4. The summed E-state index contributed by atoms with van der Waals surface area (Å²) in [6.07, 6.45) is 0. The van der Waals surface area contributed by atoms with Crippen molar-refractivity contribution < 1.29 is 4.42 Å². The molecule has 0 aliphatic carbocycles. The van der Waals surface area contributed by atoms with Gasteiger partial charge in [0.15, 0.2) is 11.6 Å². The minimum atomic E-state index is 0.545. The van der Waals surface area contributed by atoms with Crippen molar-refractivity contribution in [2.75, 3.05) is 0 Å². The summed E-state index contributed by atoms with van der Waals surface area (Å²) in [6, 6.07) is 68.5. The zero-order valence-electron chi connectivity index (χ0n) is 32.2. The van der Waals surface area contributed by atoms with Crippen molar-refractivity contribution in [1.82, 2.24) is 19.5 Å². The van der Waals surface area contributed by atoms with Gasteiger partial charge in [-0.1, -0.05) is 170 Å². The van der Waals surface area contributed by atoms with Crippen LogP contribution in [0, 0.1) is 0 Å². The quantitative estimate of drug-likeness (QED) is 0.179. The van der Waals surface area contributed by atoms with E-state index in [1.54, 1.807) is 0 Å². The monoisotopic (exact) mass is 764 g/mol. The number of benzene rings is 10. The van der Waals surface area contributed by atoms with E-state index in [0.717, 1.165) is 109 Å². The van der Waals surface area contributed by atoms with Gasteiger partial charge in [-0.2, -0.15) is 9.97 Å². The van der Waals surface area contributed by atoms with Crippen LogP contribution >= 0.6 is 0 Å². The van der Waals surface area contributed by atoms with E-state index < -0.39 is 0 Å². The third-order valence-electron chi connectivity index (χ3n) is 12.2. The number of hydrogen-bond donors (Lipinski definition) is 0. The molecule has 5 heteroatoms. The highest BCUT2D eigenvalue weighted by Crippen LogP contribution is 2.44. The van der Waals surface area contributed by atoms with Gasteiger partial charge in [0.2, 0.25) is 5.95 Å². The standard InChI is InChI=1S/C55H32N4O/c1-2-14-33(15-3-1)45-30-36-18-4-5-19-37(36)31-46(45)53-56-54(47-32-38-20-8-11-23-41(38)52-49(47)44-24-12-13-25-48(44)60-52)58-55(57-53)59-50-39-21-9-6-16-34(39)26-28-42(50)43-29-27-35-17-7-10-22-40(35)51(43)59/h1-32H. The number of furan rings is 1. The van der Waals surface area contributed by atoms with Crippen molar-refractivity contribution in [3.05, 3.63) is 194 Å². The topological polar surface area (TPSA) is 56.7 Å². The van der Waals surface area contributed by atoms with Crippen molar-refractivity contribution in [3.8, 4) is 39.9 Å². The van der Waals surface area contributed by atoms with Crippen LogP contribution in [0.25, 0.3) is 127 Å². The zero-order chi connectivity index (χ0) is 39.3. The Morgan fingerprint density at radius 3 is 1.52 bits per heavy atom. The summed E-state index contributed by atoms with van der Waals surface area (Å²) >= 11 is 0. The fraction of sp³-hybridized carbons (Fsp3) is 0. The van der Waals surface area contributed by atoms with Gasteiger partial charge >= 0.3 is 0 Å². The molecule has 0 atom stereocenters. The minimum absolute atomic E-state index is 0.545. The molecule has 13 aromatic rings. The Balaban J connectivity index is 1.23. The van der Waals surface area contributed by atoms with E-state index in [2.05, 4.69) is 187 Å². The van der Waals surface area contributed by atoms with Crippen LogP contribution in [0.1, 0.15) is 0 Å². The smallest absolute Gasteiger partial charge is 0.238 e. The molecule has 10 aromatic carbocycles. The summed E-state index contributed by atoms with van der Waals surface area (Å²) in [5, 5.41) is 13.2. The van der Waals surface area contributed by atoms with Crippen molar-refractivity contribution in [2.24, 2.45) is 0 Å². The Labute approximate surface area is 343 Å². The molecule has 5 nitrogen and oxygen atoms in total. The van der Waals surface area contributed by atoms with E-state index in [0.29, 0.717) is 17.6 Å². The average molecular weight is 765 g/mol. The van der Waals surface area contributed by atoms with Gasteiger partial charge in [0.05, 0.1) is 11.0 Å². The molecule has 0 spiro atoms. The lowest BCUT2D eigenvalue weighted by Crippen LogP contribution is -2.07. The highest BCUT2D eigenvalue weighted by molar-refractivity contribution is 6.24. The maximum absolute atomic E-state index is 6.71. The molecule has 13 rings (SSSR count). The Hall–Kier alpha value is -8.15. The molecule has 0 N–H and O–H groups in total. The maximum Gasteiger partial charge on any atom is 0.238 e. The molecule has 0 radical (unpaired) electrons. The summed E-state index contributed by atoms with van der Waals surface area (Å²) in [5.74, 6) is 1.70. The van der Waals surface area contributed by atoms with Crippen LogP contribution in [-0.4, -0.2) is 19.5 Å². The lowest BCUT2D eigenvalue weighted by molar-refractivity contribution is 0.672. The van der Waals surface area contributed by atoms with Gasteiger partial charge in [0.1, 0.15) is 11.2 Å². The zero-order valence-corrected chi connectivity index (χ0v) is 32.2. The Kier molecular flexibility index (Phi) is 6.95. The minimum Gasteiger partial charge on any atom is -0.455 e. The van der Waals surface area contributed by atoms with E-state index in [-0.39, 0.29) is 0 Å².